The van der Waals surface area contributed by atoms with Crippen LogP contribution in [0.4, 0.5) is 18.9 Å². The van der Waals surface area contributed by atoms with Crippen molar-refractivity contribution in [1.29, 1.82) is 5.26 Å². The van der Waals surface area contributed by atoms with E-state index in [9.17, 15) is 28.1 Å². The van der Waals surface area contributed by atoms with E-state index in [0.29, 0.717) is 0 Å². The van der Waals surface area contributed by atoms with E-state index in [4.69, 9.17) is 30.9 Å². The second-order valence-electron chi connectivity index (χ2n) is 7.76. The molecule has 16 heteroatoms. The Bertz CT molecular complexity index is 1160. The third-order valence-electron chi connectivity index (χ3n) is 5.35. The van der Waals surface area contributed by atoms with Crippen molar-refractivity contribution in [3.8, 4) is 6.07 Å². The average Bonchev–Trinajstić information content (AvgIpc) is 3.37. The summed E-state index contributed by atoms with van der Waals surface area (Å²) < 4.78 is 64.7. The number of hydrogen-bond acceptors (Lipinski definition) is 8. The summed E-state index contributed by atoms with van der Waals surface area (Å²) in [4.78, 5) is 23.0. The number of aromatic nitrogens is 3. The maximum Gasteiger partial charge on any atom is 0.350 e. The molecule has 0 spiro atoms. The highest BCUT2D eigenvalue weighted by atomic mass is 35.5. The van der Waals surface area contributed by atoms with Gasteiger partial charge in [-0.15, -0.1) is 0 Å². The number of ether oxygens (including phenoxy) is 2. The fraction of sp³-hybridized carbons (Fsp3) is 0.588. The van der Waals surface area contributed by atoms with E-state index >= 15 is 0 Å². The molecule has 4 atom stereocenters. The molecule has 11 nitrogen and oxygen atoms in total. The van der Waals surface area contributed by atoms with Gasteiger partial charge in [0.05, 0.1) is 30.4 Å². The summed E-state index contributed by atoms with van der Waals surface area (Å²) in [5, 5.41) is 23.6. The van der Waals surface area contributed by atoms with E-state index in [0.717, 1.165) is 4.68 Å². The van der Waals surface area contributed by atoms with Crippen molar-refractivity contribution in [2.45, 2.75) is 37.0 Å². The summed E-state index contributed by atoms with van der Waals surface area (Å²) in [7, 11) is -4.47. The van der Waals surface area contributed by atoms with Gasteiger partial charge in [-0.05, 0) is 0 Å². The molecule has 0 bridgehead atoms. The quantitative estimate of drug-likeness (QED) is 0.384. The van der Waals surface area contributed by atoms with E-state index < -0.39 is 64.0 Å². The Morgan fingerprint density at radius 1 is 1.45 bits per heavy atom. The van der Waals surface area contributed by atoms with Gasteiger partial charge < -0.3 is 29.3 Å². The lowest BCUT2D eigenvalue weighted by Crippen LogP contribution is -2.31. The number of hydrogen-bond donors (Lipinski definition) is 3. The molecule has 180 valence electrons. The average molecular weight is 512 g/mol. The largest absolute Gasteiger partial charge is 0.387 e. The summed E-state index contributed by atoms with van der Waals surface area (Å²) in [5.74, 6) is -2.96. The first-order valence-corrected chi connectivity index (χ1v) is 11.8. The van der Waals surface area contributed by atoms with Gasteiger partial charge in [0.15, 0.2) is 23.2 Å². The molecular formula is C17H18ClF3N5O6P. The minimum Gasteiger partial charge on any atom is -0.387 e. The topological polar surface area (TPSA) is 154 Å². The molecule has 1 unspecified atom stereocenters. The van der Waals surface area contributed by atoms with Gasteiger partial charge >= 0.3 is 7.60 Å². The maximum atomic E-state index is 14.9. The number of rotatable bonds is 6. The van der Waals surface area contributed by atoms with Crippen LogP contribution in [0, 0.1) is 11.3 Å². The zero-order valence-electron chi connectivity index (χ0n) is 16.7. The van der Waals surface area contributed by atoms with Crippen LogP contribution in [0.2, 0.25) is 5.15 Å². The highest BCUT2D eigenvalue weighted by Crippen LogP contribution is 2.41. The fourth-order valence-electron chi connectivity index (χ4n) is 3.88. The van der Waals surface area contributed by atoms with Crippen LogP contribution in [0.15, 0.2) is 6.20 Å². The Morgan fingerprint density at radius 3 is 2.79 bits per heavy atom. The smallest absolute Gasteiger partial charge is 0.350 e. The molecule has 33 heavy (non-hydrogen) atoms. The zero-order valence-corrected chi connectivity index (χ0v) is 18.3. The Kier molecular flexibility index (Phi) is 6.34. The van der Waals surface area contributed by atoms with Crippen molar-refractivity contribution < 1.29 is 42.1 Å². The lowest BCUT2D eigenvalue weighted by atomic mass is 10.1. The van der Waals surface area contributed by atoms with Gasteiger partial charge in [0, 0.05) is 13.0 Å². The molecule has 2 aromatic heterocycles. The second-order valence-corrected chi connectivity index (χ2v) is 9.70. The summed E-state index contributed by atoms with van der Waals surface area (Å²) in [6.45, 7) is -1.21. The van der Waals surface area contributed by atoms with Crippen molar-refractivity contribution in [3.05, 3.63) is 16.9 Å². The number of nitriles is 1. The minimum atomic E-state index is -4.47. The lowest BCUT2D eigenvalue weighted by Gasteiger charge is -2.21. The predicted octanol–water partition coefficient (Wildman–Crippen LogP) is 1.55. The Balaban J connectivity index is 1.67. The van der Waals surface area contributed by atoms with Gasteiger partial charge in [0.2, 0.25) is 0 Å². The van der Waals surface area contributed by atoms with Gasteiger partial charge in [-0.1, -0.05) is 11.6 Å². The molecule has 3 N–H and O–H groups in total. The van der Waals surface area contributed by atoms with Crippen LogP contribution in [-0.2, 0) is 14.0 Å². The van der Waals surface area contributed by atoms with Crippen molar-refractivity contribution in [2.24, 2.45) is 0 Å². The minimum absolute atomic E-state index is 0.0499. The number of aliphatic hydroxyl groups is 1. The van der Waals surface area contributed by atoms with Gasteiger partial charge in [-0.3, -0.25) is 4.57 Å². The highest BCUT2D eigenvalue weighted by Gasteiger charge is 2.47. The van der Waals surface area contributed by atoms with Crippen LogP contribution >= 0.6 is 19.2 Å². The standard InChI is InChI=1S/C17H18ClF3N5O6P/c18-14-8(3-22)12(25-2-1-17(20,21)6-25)9-4-23-26(15(9)24-14)16-11(19)13(27)10(32-16)5-31-7-33(28,29)30/h4,10-11,13,16,27H,1-2,5-7H2,(H2,28,29,30)/t10?,11-,13+,16+/m0/s1. The van der Waals surface area contributed by atoms with Crippen LogP contribution in [0.25, 0.3) is 11.0 Å². The fourth-order valence-corrected chi connectivity index (χ4v) is 4.44. The normalized spacial score (nSPS) is 27.4. The third kappa shape index (κ3) is 4.67. The lowest BCUT2D eigenvalue weighted by molar-refractivity contribution is -0.0619. The van der Waals surface area contributed by atoms with E-state index in [-0.39, 0.29) is 34.0 Å². The van der Waals surface area contributed by atoms with Crippen LogP contribution in [-0.4, -0.2) is 80.0 Å². The Morgan fingerprint density at radius 2 is 2.18 bits per heavy atom. The van der Waals surface area contributed by atoms with Crippen molar-refractivity contribution >= 4 is 35.9 Å². The first-order chi connectivity index (χ1) is 15.4. The van der Waals surface area contributed by atoms with E-state index in [2.05, 4.69) is 10.1 Å². The van der Waals surface area contributed by atoms with Gasteiger partial charge in [0.1, 0.15) is 30.2 Å². The van der Waals surface area contributed by atoms with Crippen LogP contribution in [0.5, 0.6) is 0 Å². The Hall–Kier alpha value is -1.98. The molecule has 2 aliphatic rings. The van der Waals surface area contributed by atoms with E-state index in [1.165, 1.54) is 11.1 Å². The summed E-state index contributed by atoms with van der Waals surface area (Å²) in [5.41, 5.74) is -0.0958. The number of halogens is 4. The van der Waals surface area contributed by atoms with Crippen molar-refractivity contribution in [1.82, 2.24) is 14.8 Å². The van der Waals surface area contributed by atoms with Gasteiger partial charge in [-0.25, -0.2) is 22.8 Å². The molecule has 2 aromatic rings. The number of fused-ring (bicyclic) bond motifs is 1. The number of aliphatic hydroxyl groups excluding tert-OH is 1. The molecule has 2 saturated heterocycles. The maximum absolute atomic E-state index is 14.9. The molecule has 2 aliphatic heterocycles. The molecule has 0 aromatic carbocycles. The first-order valence-electron chi connectivity index (χ1n) is 9.61. The highest BCUT2D eigenvalue weighted by molar-refractivity contribution is 7.51. The van der Waals surface area contributed by atoms with Crippen molar-refractivity contribution in [2.75, 3.05) is 30.9 Å². The van der Waals surface area contributed by atoms with Crippen LogP contribution in [0.1, 0.15) is 18.2 Å². The predicted molar refractivity (Wildman–Crippen MR) is 107 cm³/mol. The summed E-state index contributed by atoms with van der Waals surface area (Å²) in [6, 6.07) is 1.85. The summed E-state index contributed by atoms with van der Waals surface area (Å²) >= 11 is 6.13. The number of pyridine rings is 1. The Labute approximate surface area is 189 Å². The third-order valence-corrected chi connectivity index (χ3v) is 6.14. The first kappa shape index (κ1) is 24.2. The van der Waals surface area contributed by atoms with Crippen LogP contribution < -0.4 is 4.90 Å². The number of alkyl halides is 3. The molecule has 2 fully saturated rings. The van der Waals surface area contributed by atoms with Crippen LogP contribution in [0.3, 0.4) is 0 Å². The molecule has 0 aliphatic carbocycles. The van der Waals surface area contributed by atoms with Crippen molar-refractivity contribution in [3.63, 3.8) is 0 Å². The van der Waals surface area contributed by atoms with Gasteiger partial charge in [0.25, 0.3) is 5.92 Å². The van der Waals surface area contributed by atoms with Gasteiger partial charge in [-0.2, -0.15) is 10.4 Å². The number of anilines is 1. The summed E-state index contributed by atoms with van der Waals surface area (Å²) in [6.07, 6.45) is -6.69. The molecular weight excluding hydrogens is 494 g/mol. The molecule has 0 saturated carbocycles. The zero-order chi connectivity index (χ0) is 24.1. The molecule has 4 rings (SSSR count). The second kappa shape index (κ2) is 8.66. The monoisotopic (exact) mass is 511 g/mol. The van der Waals surface area contributed by atoms with E-state index in [1.54, 1.807) is 0 Å². The van der Waals surface area contributed by atoms with E-state index in [1.807, 2.05) is 6.07 Å². The molecule has 0 amide bonds. The molecule has 0 radical (unpaired) electrons. The molecule has 4 heterocycles. The SMILES string of the molecule is N#Cc1c(Cl)nc2c(cnn2[C@@H]2OC(COCP(=O)(O)O)[C@@H](O)[C@@H]2F)c1N1CCC(F)(F)C1. The number of nitrogens with zero attached hydrogens (tertiary/aromatic N) is 5.